The summed E-state index contributed by atoms with van der Waals surface area (Å²) in [5.74, 6) is -1.51. The van der Waals surface area contributed by atoms with Crippen molar-refractivity contribution in [3.8, 4) is 0 Å². The molecule has 1 saturated heterocycles. The molecule has 162 valence electrons. The number of hydrogen-bond donors (Lipinski definition) is 1. The van der Waals surface area contributed by atoms with Gasteiger partial charge in [0.25, 0.3) is 5.91 Å². The molecule has 2 heterocycles. The fraction of sp³-hybridized carbons (Fsp3) is 0.348. The number of nitrogens with zero attached hydrogens (tertiary/aromatic N) is 3. The van der Waals surface area contributed by atoms with Gasteiger partial charge < -0.3 is 10.2 Å². The molecular formula is C23H24F2N4O2. The second-order valence-electron chi connectivity index (χ2n) is 7.84. The van der Waals surface area contributed by atoms with Gasteiger partial charge in [-0.05, 0) is 31.2 Å². The normalized spacial score (nSPS) is 16.7. The van der Waals surface area contributed by atoms with Gasteiger partial charge in [-0.25, -0.2) is 13.8 Å². The van der Waals surface area contributed by atoms with Crippen LogP contribution in [0.3, 0.4) is 0 Å². The molecular weight excluding hydrogens is 402 g/mol. The average Bonchev–Trinajstić information content (AvgIpc) is 2.77. The number of piperazine rings is 1. The van der Waals surface area contributed by atoms with Crippen LogP contribution in [-0.4, -0.2) is 55.5 Å². The van der Waals surface area contributed by atoms with Crippen LogP contribution in [0.2, 0.25) is 0 Å². The maximum absolute atomic E-state index is 15.0. The first-order valence-electron chi connectivity index (χ1n) is 10.2. The van der Waals surface area contributed by atoms with Crippen molar-refractivity contribution in [1.29, 1.82) is 0 Å². The number of nitrogens with one attached hydrogen (secondary N) is 1. The van der Waals surface area contributed by atoms with Crippen LogP contribution in [0.4, 0.5) is 20.2 Å². The lowest BCUT2D eigenvalue weighted by atomic mass is 9.97. The van der Waals surface area contributed by atoms with Crippen molar-refractivity contribution in [1.82, 2.24) is 10.2 Å². The van der Waals surface area contributed by atoms with Crippen LogP contribution in [0.5, 0.6) is 0 Å². The molecule has 0 bridgehead atoms. The Balaban J connectivity index is 1.41. The number of fused-ring (bicyclic) bond motifs is 1. The molecule has 2 aromatic carbocycles. The summed E-state index contributed by atoms with van der Waals surface area (Å²) in [4.78, 5) is 32.0. The highest BCUT2D eigenvalue weighted by Crippen LogP contribution is 2.30. The molecule has 2 aliphatic heterocycles. The fourth-order valence-electron chi connectivity index (χ4n) is 4.01. The maximum atomic E-state index is 15.0. The van der Waals surface area contributed by atoms with E-state index in [9.17, 15) is 18.4 Å². The minimum Gasteiger partial charge on any atom is -0.369 e. The van der Waals surface area contributed by atoms with E-state index >= 15 is 0 Å². The lowest BCUT2D eigenvalue weighted by Gasteiger charge is -2.36. The molecule has 0 aromatic heterocycles. The Bertz CT molecular complexity index is 1080. The summed E-state index contributed by atoms with van der Waals surface area (Å²) in [6.07, 6.45) is 0.0513. The zero-order valence-electron chi connectivity index (χ0n) is 17.5. The van der Waals surface area contributed by atoms with Crippen molar-refractivity contribution in [2.45, 2.75) is 19.9 Å². The topological polar surface area (TPSA) is 65.0 Å². The van der Waals surface area contributed by atoms with Crippen LogP contribution in [0.25, 0.3) is 0 Å². The van der Waals surface area contributed by atoms with E-state index in [1.54, 1.807) is 25.1 Å². The molecule has 2 aromatic rings. The van der Waals surface area contributed by atoms with Crippen molar-refractivity contribution in [2.24, 2.45) is 4.99 Å². The quantitative estimate of drug-likeness (QED) is 0.817. The van der Waals surface area contributed by atoms with E-state index < -0.39 is 11.7 Å². The van der Waals surface area contributed by atoms with E-state index in [1.807, 2.05) is 4.90 Å². The summed E-state index contributed by atoms with van der Waals surface area (Å²) < 4.78 is 29.3. The van der Waals surface area contributed by atoms with Crippen molar-refractivity contribution >= 4 is 28.8 Å². The number of aliphatic imine (C=N–C) groups is 1. The molecule has 4 rings (SSSR count). The largest absolute Gasteiger partial charge is 0.369 e. The monoisotopic (exact) mass is 426 g/mol. The molecule has 1 N–H and O–H groups in total. The molecule has 0 saturated carbocycles. The first-order chi connectivity index (χ1) is 14.9. The van der Waals surface area contributed by atoms with Gasteiger partial charge in [0.15, 0.2) is 5.78 Å². The van der Waals surface area contributed by atoms with Crippen LogP contribution < -0.4 is 10.2 Å². The lowest BCUT2D eigenvalue weighted by Crippen LogP contribution is -2.46. The van der Waals surface area contributed by atoms with E-state index in [1.165, 1.54) is 19.2 Å². The number of rotatable bonds is 4. The standard InChI is InChI=1S/C23H24F2N4O2/c1-14-21(30)12-18-20(27-14)6-3-15(22(18)25)13-28-7-9-29(10-8-28)16-4-5-17(19(24)11-16)23(31)26-2/h3-6,11H,7-10,12-13H2,1-2H3,(H,26,31). The highest BCUT2D eigenvalue weighted by atomic mass is 19.1. The number of anilines is 1. The second-order valence-corrected chi connectivity index (χ2v) is 7.84. The SMILES string of the molecule is CNC(=O)c1ccc(N2CCN(Cc3ccc4c(c3F)CC(=O)C(C)=N4)CC2)cc1F. The van der Waals surface area contributed by atoms with Crippen molar-refractivity contribution < 1.29 is 18.4 Å². The van der Waals surface area contributed by atoms with E-state index in [4.69, 9.17) is 0 Å². The van der Waals surface area contributed by atoms with Crippen LogP contribution in [-0.2, 0) is 17.8 Å². The van der Waals surface area contributed by atoms with Gasteiger partial charge in [0, 0.05) is 63.0 Å². The Labute approximate surface area is 179 Å². The highest BCUT2D eigenvalue weighted by molar-refractivity contribution is 6.40. The summed E-state index contributed by atoms with van der Waals surface area (Å²) >= 11 is 0. The zero-order chi connectivity index (χ0) is 22.1. The smallest absolute Gasteiger partial charge is 0.253 e. The number of halogens is 2. The van der Waals surface area contributed by atoms with Gasteiger partial charge >= 0.3 is 0 Å². The third-order valence-corrected chi connectivity index (χ3v) is 5.88. The van der Waals surface area contributed by atoms with Crippen LogP contribution in [0, 0.1) is 11.6 Å². The minimum atomic E-state index is -0.553. The van der Waals surface area contributed by atoms with Crippen molar-refractivity contribution in [3.05, 3.63) is 58.7 Å². The van der Waals surface area contributed by atoms with E-state index in [2.05, 4.69) is 15.2 Å². The Hall–Kier alpha value is -3.13. The molecule has 0 radical (unpaired) electrons. The molecule has 31 heavy (non-hydrogen) atoms. The average molecular weight is 426 g/mol. The Morgan fingerprint density at radius 3 is 2.55 bits per heavy atom. The number of hydrogen-bond acceptors (Lipinski definition) is 5. The molecule has 0 unspecified atom stereocenters. The number of ketones is 1. The van der Waals surface area contributed by atoms with Crippen LogP contribution >= 0.6 is 0 Å². The molecule has 0 aliphatic carbocycles. The molecule has 2 aliphatic rings. The number of carbonyl (C=O) groups is 2. The Kier molecular flexibility index (Phi) is 5.82. The number of benzene rings is 2. The summed E-state index contributed by atoms with van der Waals surface area (Å²) in [7, 11) is 1.46. The van der Waals surface area contributed by atoms with Crippen molar-refractivity contribution in [3.63, 3.8) is 0 Å². The summed E-state index contributed by atoms with van der Waals surface area (Å²) in [5.41, 5.74) is 2.61. The predicted octanol–water partition coefficient (Wildman–Crippen LogP) is 2.86. The van der Waals surface area contributed by atoms with Gasteiger partial charge in [-0.15, -0.1) is 0 Å². The first kappa shape index (κ1) is 21.1. The van der Waals surface area contributed by atoms with Gasteiger partial charge in [-0.2, -0.15) is 0 Å². The second kappa shape index (κ2) is 8.55. The lowest BCUT2D eigenvalue weighted by molar-refractivity contribution is -0.112. The van der Waals surface area contributed by atoms with Gasteiger partial charge in [0.05, 0.1) is 17.0 Å². The first-order valence-corrected chi connectivity index (χ1v) is 10.2. The number of amides is 1. The van der Waals surface area contributed by atoms with Gasteiger partial charge in [0.2, 0.25) is 0 Å². The van der Waals surface area contributed by atoms with E-state index in [-0.39, 0.29) is 23.6 Å². The summed E-state index contributed by atoms with van der Waals surface area (Å²) in [5, 5.41) is 2.42. The molecule has 0 atom stereocenters. The van der Waals surface area contributed by atoms with Crippen LogP contribution in [0.15, 0.2) is 35.3 Å². The number of carbonyl (C=O) groups excluding carboxylic acids is 2. The maximum Gasteiger partial charge on any atom is 0.253 e. The minimum absolute atomic E-state index is 0.0192. The molecule has 1 fully saturated rings. The Morgan fingerprint density at radius 1 is 1.13 bits per heavy atom. The van der Waals surface area contributed by atoms with Gasteiger partial charge in [0.1, 0.15) is 11.6 Å². The Morgan fingerprint density at radius 2 is 1.87 bits per heavy atom. The molecule has 1 amide bonds. The van der Waals surface area contributed by atoms with Gasteiger partial charge in [-0.1, -0.05) is 6.07 Å². The summed E-state index contributed by atoms with van der Waals surface area (Å²) in [6, 6.07) is 8.12. The van der Waals surface area contributed by atoms with E-state index in [0.717, 1.165) is 5.69 Å². The van der Waals surface area contributed by atoms with Crippen molar-refractivity contribution in [2.75, 3.05) is 38.1 Å². The van der Waals surface area contributed by atoms with Crippen LogP contribution in [0.1, 0.15) is 28.4 Å². The fourth-order valence-corrected chi connectivity index (χ4v) is 4.01. The highest BCUT2D eigenvalue weighted by Gasteiger charge is 2.24. The van der Waals surface area contributed by atoms with E-state index in [0.29, 0.717) is 55.2 Å². The zero-order valence-corrected chi connectivity index (χ0v) is 17.5. The third-order valence-electron chi connectivity index (χ3n) is 5.88. The molecule has 6 nitrogen and oxygen atoms in total. The predicted molar refractivity (Wildman–Crippen MR) is 115 cm³/mol. The molecule has 0 spiro atoms. The summed E-state index contributed by atoms with van der Waals surface area (Å²) in [6.45, 7) is 4.78. The van der Waals surface area contributed by atoms with Gasteiger partial charge in [-0.3, -0.25) is 14.5 Å². The number of Topliss-reactive ketones (excluding diaryl/α,β-unsaturated/α-hetero) is 1. The third kappa shape index (κ3) is 4.20. The molecule has 8 heteroatoms.